The molecule has 1 aliphatic carbocycles. The van der Waals surface area contributed by atoms with Gasteiger partial charge in [0.1, 0.15) is 0 Å². The van der Waals surface area contributed by atoms with Crippen LogP contribution in [-0.4, -0.2) is 44.0 Å². The Morgan fingerprint density at radius 1 is 1.50 bits per heavy atom. The molecule has 0 aromatic heterocycles. The van der Waals surface area contributed by atoms with Gasteiger partial charge in [0.05, 0.1) is 0 Å². The minimum atomic E-state index is 0.691. The summed E-state index contributed by atoms with van der Waals surface area (Å²) >= 11 is 0. The molecule has 2 rings (SSSR count). The Balaban J connectivity index is 2.05. The first-order valence-electron chi connectivity index (χ1n) is 6.09. The summed E-state index contributed by atoms with van der Waals surface area (Å²) in [7, 11) is 6.51. The second-order valence-corrected chi connectivity index (χ2v) is 5.45. The number of rotatable bonds is 2. The number of fused-ring (bicyclic) bond motifs is 1. The van der Waals surface area contributed by atoms with Crippen molar-refractivity contribution in [1.29, 1.82) is 0 Å². The molecule has 3 heteroatoms. The van der Waals surface area contributed by atoms with Gasteiger partial charge in [-0.1, -0.05) is 6.08 Å². The van der Waals surface area contributed by atoms with E-state index < -0.39 is 0 Å². The number of likely N-dealkylation sites (tertiary alicyclic amines) is 1. The van der Waals surface area contributed by atoms with Gasteiger partial charge in [0, 0.05) is 37.4 Å². The van der Waals surface area contributed by atoms with Crippen molar-refractivity contribution in [3.05, 3.63) is 23.5 Å². The molecule has 2 N–H and O–H groups in total. The Kier molecular flexibility index (Phi) is 3.24. The van der Waals surface area contributed by atoms with E-state index in [1.54, 1.807) is 0 Å². The lowest BCUT2D eigenvalue weighted by Gasteiger charge is -2.41. The fraction of sp³-hybridized carbons (Fsp3) is 0.692. The van der Waals surface area contributed by atoms with Crippen molar-refractivity contribution in [2.75, 3.05) is 34.2 Å². The predicted molar refractivity (Wildman–Crippen MR) is 67.8 cm³/mol. The molecule has 0 amide bonds. The molecule has 1 fully saturated rings. The molecule has 2 aliphatic rings. The highest BCUT2D eigenvalue weighted by Gasteiger charge is 2.30. The zero-order valence-corrected chi connectivity index (χ0v) is 10.6. The van der Waals surface area contributed by atoms with Crippen LogP contribution in [0.5, 0.6) is 0 Å². The Hall–Kier alpha value is -0.960. The van der Waals surface area contributed by atoms with E-state index in [1.165, 1.54) is 18.7 Å². The molecule has 0 radical (unpaired) electrons. The third-order valence-electron chi connectivity index (χ3n) is 3.58. The Labute approximate surface area is 98.6 Å². The zero-order valence-electron chi connectivity index (χ0n) is 10.6. The van der Waals surface area contributed by atoms with Gasteiger partial charge < -0.3 is 15.5 Å². The van der Waals surface area contributed by atoms with Crippen molar-refractivity contribution < 1.29 is 0 Å². The highest BCUT2D eigenvalue weighted by atomic mass is 15.1. The second-order valence-electron chi connectivity index (χ2n) is 5.45. The molecule has 90 valence electrons. The van der Waals surface area contributed by atoms with Crippen LogP contribution in [0.4, 0.5) is 0 Å². The van der Waals surface area contributed by atoms with Crippen LogP contribution < -0.4 is 5.73 Å². The average Bonchev–Trinajstić information content (AvgIpc) is 2.18. The number of nitrogens with two attached hydrogens (primary N) is 1. The summed E-state index contributed by atoms with van der Waals surface area (Å²) in [5.74, 6) is 1.48. The summed E-state index contributed by atoms with van der Waals surface area (Å²) in [6.45, 7) is 2.35. The molecule has 0 aromatic carbocycles. The van der Waals surface area contributed by atoms with Gasteiger partial charge in [-0.25, -0.2) is 0 Å². The normalized spacial score (nSPS) is 29.9. The minimum Gasteiger partial charge on any atom is -0.399 e. The van der Waals surface area contributed by atoms with E-state index in [0.29, 0.717) is 5.92 Å². The molecular weight excluding hydrogens is 198 g/mol. The third kappa shape index (κ3) is 2.40. The van der Waals surface area contributed by atoms with Crippen molar-refractivity contribution in [3.63, 3.8) is 0 Å². The molecule has 1 heterocycles. The van der Waals surface area contributed by atoms with Crippen LogP contribution >= 0.6 is 0 Å². The van der Waals surface area contributed by atoms with Gasteiger partial charge in [-0.15, -0.1) is 0 Å². The molecule has 1 saturated heterocycles. The minimum absolute atomic E-state index is 0.691. The molecule has 0 saturated carbocycles. The van der Waals surface area contributed by atoms with Crippen LogP contribution in [0.25, 0.3) is 0 Å². The van der Waals surface area contributed by atoms with E-state index in [-0.39, 0.29) is 0 Å². The molecule has 2 unspecified atom stereocenters. The SMILES string of the molecule is CN(C)CC1CC2CC=C(N)C=C2N(C)C1. The summed E-state index contributed by atoms with van der Waals surface area (Å²) in [6.07, 6.45) is 6.74. The van der Waals surface area contributed by atoms with E-state index >= 15 is 0 Å². The molecule has 1 aliphatic heterocycles. The van der Waals surface area contributed by atoms with Crippen molar-refractivity contribution in [2.24, 2.45) is 17.6 Å². The fourth-order valence-electron chi connectivity index (χ4n) is 3.00. The van der Waals surface area contributed by atoms with Gasteiger partial charge in [0.25, 0.3) is 0 Å². The van der Waals surface area contributed by atoms with E-state index in [4.69, 9.17) is 5.73 Å². The maximum atomic E-state index is 5.87. The zero-order chi connectivity index (χ0) is 11.7. The van der Waals surface area contributed by atoms with Gasteiger partial charge >= 0.3 is 0 Å². The van der Waals surface area contributed by atoms with Crippen LogP contribution in [0.2, 0.25) is 0 Å². The summed E-state index contributed by atoms with van der Waals surface area (Å²) in [5, 5.41) is 0. The van der Waals surface area contributed by atoms with E-state index in [9.17, 15) is 0 Å². The number of piperidine rings is 1. The number of hydrogen-bond acceptors (Lipinski definition) is 3. The van der Waals surface area contributed by atoms with Crippen molar-refractivity contribution in [1.82, 2.24) is 9.80 Å². The average molecular weight is 221 g/mol. The Bertz CT molecular complexity index is 317. The van der Waals surface area contributed by atoms with Gasteiger partial charge in [-0.3, -0.25) is 0 Å². The van der Waals surface area contributed by atoms with Crippen LogP contribution in [0.3, 0.4) is 0 Å². The second kappa shape index (κ2) is 4.50. The first-order valence-corrected chi connectivity index (χ1v) is 6.09. The summed E-state index contributed by atoms with van der Waals surface area (Å²) in [4.78, 5) is 4.68. The summed E-state index contributed by atoms with van der Waals surface area (Å²) in [5.41, 5.74) is 8.24. The molecule has 0 bridgehead atoms. The van der Waals surface area contributed by atoms with Crippen LogP contribution in [-0.2, 0) is 0 Å². The lowest BCUT2D eigenvalue weighted by molar-refractivity contribution is 0.174. The molecule has 16 heavy (non-hydrogen) atoms. The van der Waals surface area contributed by atoms with Crippen LogP contribution in [0.15, 0.2) is 23.5 Å². The van der Waals surface area contributed by atoms with Gasteiger partial charge in [-0.2, -0.15) is 0 Å². The van der Waals surface area contributed by atoms with Crippen LogP contribution in [0, 0.1) is 11.8 Å². The Morgan fingerprint density at radius 3 is 2.94 bits per heavy atom. The van der Waals surface area contributed by atoms with E-state index in [1.807, 2.05) is 0 Å². The lowest BCUT2D eigenvalue weighted by atomic mass is 9.82. The highest BCUT2D eigenvalue weighted by Crippen LogP contribution is 2.35. The topological polar surface area (TPSA) is 32.5 Å². The fourth-order valence-corrected chi connectivity index (χ4v) is 3.00. The largest absolute Gasteiger partial charge is 0.399 e. The van der Waals surface area contributed by atoms with E-state index in [2.05, 4.69) is 43.1 Å². The molecule has 3 nitrogen and oxygen atoms in total. The van der Waals surface area contributed by atoms with Gasteiger partial charge in [0.2, 0.25) is 0 Å². The van der Waals surface area contributed by atoms with Crippen molar-refractivity contribution in [2.45, 2.75) is 12.8 Å². The first kappa shape index (κ1) is 11.5. The van der Waals surface area contributed by atoms with Crippen molar-refractivity contribution in [3.8, 4) is 0 Å². The summed E-state index contributed by atoms with van der Waals surface area (Å²) < 4.78 is 0. The highest BCUT2D eigenvalue weighted by molar-refractivity contribution is 5.28. The lowest BCUT2D eigenvalue weighted by Crippen LogP contribution is -2.40. The number of nitrogens with zero attached hydrogens (tertiary/aromatic N) is 2. The van der Waals surface area contributed by atoms with Crippen molar-refractivity contribution >= 4 is 0 Å². The predicted octanol–water partition coefficient (Wildman–Crippen LogP) is 1.25. The molecule has 0 aromatic rings. The Morgan fingerprint density at radius 2 is 2.25 bits per heavy atom. The summed E-state index contributed by atoms with van der Waals surface area (Å²) in [6, 6.07) is 0. The maximum absolute atomic E-state index is 5.87. The molecule has 2 atom stereocenters. The van der Waals surface area contributed by atoms with E-state index in [0.717, 1.165) is 24.6 Å². The quantitative estimate of drug-likeness (QED) is 0.761. The van der Waals surface area contributed by atoms with Gasteiger partial charge in [0.15, 0.2) is 0 Å². The molecule has 0 spiro atoms. The number of allylic oxidation sites excluding steroid dienone is 3. The van der Waals surface area contributed by atoms with Gasteiger partial charge in [-0.05, 0) is 38.9 Å². The third-order valence-corrected chi connectivity index (χ3v) is 3.58. The first-order chi connectivity index (χ1) is 7.56. The molecular formula is C13H23N3. The maximum Gasteiger partial charge on any atom is 0.0291 e. The standard InChI is InChI=1S/C13H23N3/c1-15(2)8-10-6-11-4-5-12(14)7-13(11)16(3)9-10/h5,7,10-11H,4,6,8-9,14H2,1-3H3. The van der Waals surface area contributed by atoms with Crippen LogP contribution in [0.1, 0.15) is 12.8 Å². The smallest absolute Gasteiger partial charge is 0.0291 e. The monoisotopic (exact) mass is 221 g/mol. The number of hydrogen-bond donors (Lipinski definition) is 1.